The molecule has 3 rings (SSSR count). The summed E-state index contributed by atoms with van der Waals surface area (Å²) >= 11 is 2.59. The van der Waals surface area contributed by atoms with Crippen LogP contribution in [0.3, 0.4) is 0 Å². The zero-order valence-electron chi connectivity index (χ0n) is 10.3. The van der Waals surface area contributed by atoms with Crippen molar-refractivity contribution in [3.63, 3.8) is 0 Å². The summed E-state index contributed by atoms with van der Waals surface area (Å²) in [5.74, 6) is 0. The highest BCUT2D eigenvalue weighted by Gasteiger charge is 2.40. The smallest absolute Gasteiger partial charge is 0.0621 e. The number of pyridine rings is 1. The van der Waals surface area contributed by atoms with Crippen molar-refractivity contribution in [3.05, 3.63) is 48.3 Å². The fourth-order valence-electron chi connectivity index (χ4n) is 2.62. The van der Waals surface area contributed by atoms with Crippen LogP contribution in [0.15, 0.2) is 42.8 Å². The zero-order chi connectivity index (χ0) is 12.6. The summed E-state index contributed by atoms with van der Waals surface area (Å²) in [4.78, 5) is 4.07. The molecule has 0 amide bonds. The summed E-state index contributed by atoms with van der Waals surface area (Å²) < 4.78 is 0.217. The van der Waals surface area contributed by atoms with Crippen LogP contribution in [-0.4, -0.2) is 33.0 Å². The third-order valence-corrected chi connectivity index (χ3v) is 5.21. The number of allylic oxidation sites excluding steroid dienone is 2. The average molecular weight is 353 g/mol. The van der Waals surface area contributed by atoms with Gasteiger partial charge < -0.3 is 0 Å². The Balaban J connectivity index is 1.96. The summed E-state index contributed by atoms with van der Waals surface area (Å²) in [6.45, 7) is 1.04. The van der Waals surface area contributed by atoms with Crippen molar-refractivity contribution in [1.29, 1.82) is 0 Å². The maximum Gasteiger partial charge on any atom is 0.0621 e. The van der Waals surface area contributed by atoms with E-state index < -0.39 is 0 Å². The van der Waals surface area contributed by atoms with Crippen LogP contribution in [0.25, 0.3) is 5.57 Å². The monoisotopic (exact) mass is 353 g/mol. The third-order valence-electron chi connectivity index (χ3n) is 3.67. The lowest BCUT2D eigenvalue weighted by molar-refractivity contribution is 0.136. The van der Waals surface area contributed by atoms with E-state index in [2.05, 4.69) is 75.4 Å². The van der Waals surface area contributed by atoms with Crippen molar-refractivity contribution >= 4 is 28.2 Å². The summed E-state index contributed by atoms with van der Waals surface area (Å²) in [6.07, 6.45) is 11.8. The number of rotatable bonds is 1. The van der Waals surface area contributed by atoms with Gasteiger partial charge in [-0.3, -0.25) is 10.4 Å². The van der Waals surface area contributed by atoms with Gasteiger partial charge in [0.05, 0.1) is 9.46 Å². The van der Waals surface area contributed by atoms with E-state index in [1.807, 2.05) is 12.4 Å². The number of fused-ring (bicyclic) bond motifs is 1. The van der Waals surface area contributed by atoms with Gasteiger partial charge in [0.2, 0.25) is 0 Å². The Morgan fingerprint density at radius 3 is 3.00 bits per heavy atom. The van der Waals surface area contributed by atoms with Crippen molar-refractivity contribution < 1.29 is 0 Å². The maximum atomic E-state index is 4.07. The van der Waals surface area contributed by atoms with E-state index in [0.29, 0.717) is 6.04 Å². The molecule has 1 saturated heterocycles. The second kappa shape index (κ2) is 4.75. The van der Waals surface area contributed by atoms with E-state index in [0.717, 1.165) is 6.54 Å². The predicted molar refractivity (Wildman–Crippen MR) is 82.3 cm³/mol. The first-order valence-electron chi connectivity index (χ1n) is 6.16. The minimum Gasteiger partial charge on any atom is -0.265 e. The van der Waals surface area contributed by atoms with Crippen LogP contribution in [0.2, 0.25) is 0 Å². The molecule has 2 heterocycles. The SMILES string of the molecule is CN1NCCC2(I)C=CC(c3ccncc3)=CC12. The van der Waals surface area contributed by atoms with Crippen LogP contribution in [0, 0.1) is 0 Å². The van der Waals surface area contributed by atoms with Crippen LogP contribution in [0.4, 0.5) is 0 Å². The summed E-state index contributed by atoms with van der Waals surface area (Å²) in [5.41, 5.74) is 5.93. The number of hydrogen-bond donors (Lipinski definition) is 1. The topological polar surface area (TPSA) is 28.2 Å². The number of hydrogen-bond acceptors (Lipinski definition) is 3. The molecule has 3 nitrogen and oxygen atoms in total. The van der Waals surface area contributed by atoms with Gasteiger partial charge in [0, 0.05) is 26.0 Å². The van der Waals surface area contributed by atoms with E-state index >= 15 is 0 Å². The third kappa shape index (κ3) is 2.13. The Hall–Kier alpha value is -0.720. The lowest BCUT2D eigenvalue weighted by Crippen LogP contribution is -2.58. The number of hydrazine groups is 1. The molecule has 1 fully saturated rings. The van der Waals surface area contributed by atoms with Crippen molar-refractivity contribution in [2.45, 2.75) is 15.9 Å². The van der Waals surface area contributed by atoms with Crippen molar-refractivity contribution in [1.82, 2.24) is 15.4 Å². The molecule has 94 valence electrons. The first kappa shape index (κ1) is 12.3. The molecule has 2 atom stereocenters. The van der Waals surface area contributed by atoms with E-state index in [1.165, 1.54) is 17.6 Å². The first-order chi connectivity index (χ1) is 8.69. The number of aromatic nitrogens is 1. The van der Waals surface area contributed by atoms with E-state index in [9.17, 15) is 0 Å². The molecule has 0 bridgehead atoms. The molecule has 1 N–H and O–H groups in total. The summed E-state index contributed by atoms with van der Waals surface area (Å²) in [5, 5.41) is 2.22. The van der Waals surface area contributed by atoms with E-state index in [4.69, 9.17) is 0 Å². The Kier molecular flexibility index (Phi) is 3.25. The van der Waals surface area contributed by atoms with Gasteiger partial charge in [-0.15, -0.1) is 0 Å². The molecule has 0 spiro atoms. The van der Waals surface area contributed by atoms with Crippen LogP contribution in [0.1, 0.15) is 12.0 Å². The molecule has 18 heavy (non-hydrogen) atoms. The Bertz CT molecular complexity index is 497. The molecule has 1 aromatic heterocycles. The van der Waals surface area contributed by atoms with Gasteiger partial charge in [-0.1, -0.05) is 40.8 Å². The molecule has 1 aliphatic heterocycles. The number of likely N-dealkylation sites (N-methyl/N-ethyl adjacent to an activating group) is 1. The molecule has 1 aliphatic carbocycles. The first-order valence-corrected chi connectivity index (χ1v) is 7.24. The van der Waals surface area contributed by atoms with E-state index in [-0.39, 0.29) is 3.42 Å². The highest BCUT2D eigenvalue weighted by atomic mass is 127. The standard InChI is InChI=1S/C14H16IN3/c1-18-13-10-12(11-3-7-16-8-4-11)2-5-14(13,15)6-9-17-18/h2-5,7-8,10,13,17H,6,9H2,1H3. The fourth-order valence-corrected chi connectivity index (χ4v) is 3.66. The quantitative estimate of drug-likeness (QED) is 0.621. The number of alkyl halides is 1. The van der Waals surface area contributed by atoms with Crippen LogP contribution in [0.5, 0.6) is 0 Å². The van der Waals surface area contributed by atoms with Crippen LogP contribution < -0.4 is 5.43 Å². The lowest BCUT2D eigenvalue weighted by atomic mass is 9.86. The van der Waals surface area contributed by atoms with Gasteiger partial charge in [-0.2, -0.15) is 0 Å². The van der Waals surface area contributed by atoms with Gasteiger partial charge in [-0.25, -0.2) is 5.01 Å². The molecule has 0 aromatic carbocycles. The van der Waals surface area contributed by atoms with Gasteiger partial charge in [0.1, 0.15) is 0 Å². The number of nitrogens with zero attached hydrogens (tertiary/aromatic N) is 2. The largest absolute Gasteiger partial charge is 0.265 e. The van der Waals surface area contributed by atoms with Gasteiger partial charge >= 0.3 is 0 Å². The predicted octanol–water partition coefficient (Wildman–Crippen LogP) is 2.42. The minimum absolute atomic E-state index is 0.217. The normalized spacial score (nSPS) is 31.9. The Morgan fingerprint density at radius 1 is 1.44 bits per heavy atom. The van der Waals surface area contributed by atoms with Crippen molar-refractivity contribution in [3.8, 4) is 0 Å². The number of nitrogens with one attached hydrogen (secondary N) is 1. The van der Waals surface area contributed by atoms with Crippen molar-refractivity contribution in [2.75, 3.05) is 13.6 Å². The van der Waals surface area contributed by atoms with Gasteiger partial charge in [-0.05, 0) is 29.7 Å². The minimum atomic E-state index is 0.217. The van der Waals surface area contributed by atoms with Gasteiger partial charge in [0.25, 0.3) is 0 Å². The Morgan fingerprint density at radius 2 is 2.22 bits per heavy atom. The Labute approximate surface area is 121 Å². The highest BCUT2D eigenvalue weighted by Crippen LogP contribution is 2.39. The second-order valence-electron chi connectivity index (χ2n) is 4.83. The highest BCUT2D eigenvalue weighted by molar-refractivity contribution is 14.1. The average Bonchev–Trinajstić information content (AvgIpc) is 2.39. The number of halogens is 1. The zero-order valence-corrected chi connectivity index (χ0v) is 12.5. The van der Waals surface area contributed by atoms with Crippen molar-refractivity contribution in [2.24, 2.45) is 0 Å². The fraction of sp³-hybridized carbons (Fsp3) is 0.357. The molecule has 4 heteroatoms. The van der Waals surface area contributed by atoms with E-state index in [1.54, 1.807) is 0 Å². The van der Waals surface area contributed by atoms with Gasteiger partial charge in [0.15, 0.2) is 0 Å². The van der Waals surface area contributed by atoms with Crippen LogP contribution >= 0.6 is 22.6 Å². The molecule has 1 aromatic rings. The molecular weight excluding hydrogens is 337 g/mol. The second-order valence-corrected chi connectivity index (χ2v) is 6.84. The maximum absolute atomic E-state index is 4.07. The molecule has 0 radical (unpaired) electrons. The lowest BCUT2D eigenvalue weighted by Gasteiger charge is -2.44. The van der Waals surface area contributed by atoms with Crippen LogP contribution in [-0.2, 0) is 0 Å². The molecular formula is C14H16IN3. The molecule has 2 aliphatic rings. The molecule has 2 unspecified atom stereocenters. The molecule has 0 saturated carbocycles. The summed E-state index contributed by atoms with van der Waals surface area (Å²) in [7, 11) is 2.12. The summed E-state index contributed by atoms with van der Waals surface area (Å²) in [6, 6.07) is 4.53.